The van der Waals surface area contributed by atoms with Gasteiger partial charge in [0.25, 0.3) is 0 Å². The average molecular weight is 508 g/mol. The maximum Gasteiger partial charge on any atom is 0.189 e. The van der Waals surface area contributed by atoms with E-state index in [9.17, 15) is 4.79 Å². The predicted octanol–water partition coefficient (Wildman–Crippen LogP) is 6.79. The maximum absolute atomic E-state index is 13.2. The van der Waals surface area contributed by atoms with Gasteiger partial charge in [-0.3, -0.25) is 9.78 Å². The highest BCUT2D eigenvalue weighted by Gasteiger charge is 2.19. The van der Waals surface area contributed by atoms with Gasteiger partial charge in [-0.1, -0.05) is 48.2 Å². The van der Waals surface area contributed by atoms with Gasteiger partial charge in [0.2, 0.25) is 0 Å². The van der Waals surface area contributed by atoms with Gasteiger partial charge in [-0.2, -0.15) is 5.10 Å². The fourth-order valence-corrected chi connectivity index (χ4v) is 5.25. The molecule has 2 aromatic heterocycles. The number of benzene rings is 3. The average Bonchev–Trinajstić information content (AvgIpc) is 3.26. The highest BCUT2D eigenvalue weighted by Crippen LogP contribution is 2.37. The normalized spacial score (nSPS) is 11.2. The number of carbonyl (C=O) groups excluding carboxylic acids is 1. The first-order valence-electron chi connectivity index (χ1n) is 11.7. The van der Waals surface area contributed by atoms with Crippen LogP contribution < -0.4 is 9.47 Å². The minimum absolute atomic E-state index is 0.189. The van der Waals surface area contributed by atoms with Crippen molar-refractivity contribution in [2.75, 3.05) is 14.2 Å². The van der Waals surface area contributed by atoms with E-state index in [0.717, 1.165) is 37.8 Å². The third-order valence-corrected chi connectivity index (χ3v) is 7.07. The van der Waals surface area contributed by atoms with Gasteiger partial charge < -0.3 is 9.47 Å². The van der Waals surface area contributed by atoms with Crippen LogP contribution in [0.25, 0.3) is 22.7 Å². The summed E-state index contributed by atoms with van der Waals surface area (Å²) in [6.07, 6.45) is 5.18. The number of nitrogens with zero attached hydrogens (tertiary/aromatic N) is 3. The first-order chi connectivity index (χ1) is 18.1. The molecule has 5 aromatic rings. The van der Waals surface area contributed by atoms with Crippen molar-refractivity contribution in [1.82, 2.24) is 14.8 Å². The summed E-state index contributed by atoms with van der Waals surface area (Å²) in [5.74, 6) is 0.888. The van der Waals surface area contributed by atoms with Crippen LogP contribution in [0.4, 0.5) is 0 Å². The summed E-state index contributed by atoms with van der Waals surface area (Å²) in [7, 11) is 3.11. The van der Waals surface area contributed by atoms with Crippen molar-refractivity contribution in [1.29, 1.82) is 0 Å². The number of aryl methyl sites for hydroxylation is 1. The second-order valence-corrected chi connectivity index (χ2v) is 9.28. The van der Waals surface area contributed by atoms with Crippen LogP contribution >= 0.6 is 11.8 Å². The SMILES string of the molecule is COc1ccc(OC)c(C(=O)/C=C/c2c(C)nn(-c3ccccc3)c2Sc2cccc3cccnc23)c1. The minimum atomic E-state index is -0.189. The smallest absolute Gasteiger partial charge is 0.189 e. The molecule has 0 fully saturated rings. The monoisotopic (exact) mass is 507 g/mol. The lowest BCUT2D eigenvalue weighted by atomic mass is 10.1. The number of hydrogen-bond donors (Lipinski definition) is 0. The van der Waals surface area contributed by atoms with Gasteiger partial charge in [-0.05, 0) is 61.5 Å². The van der Waals surface area contributed by atoms with Crippen LogP contribution in [0, 0.1) is 6.92 Å². The summed E-state index contributed by atoms with van der Waals surface area (Å²) < 4.78 is 12.6. The molecule has 0 spiro atoms. The molecule has 0 saturated heterocycles. The van der Waals surface area contributed by atoms with Crippen LogP contribution in [0.3, 0.4) is 0 Å². The van der Waals surface area contributed by atoms with Crippen molar-refractivity contribution < 1.29 is 14.3 Å². The van der Waals surface area contributed by atoms with Gasteiger partial charge in [0, 0.05) is 22.0 Å². The zero-order valence-electron chi connectivity index (χ0n) is 20.7. The van der Waals surface area contributed by atoms with E-state index >= 15 is 0 Å². The van der Waals surface area contributed by atoms with E-state index in [-0.39, 0.29) is 5.78 Å². The Morgan fingerprint density at radius 2 is 1.76 bits per heavy atom. The summed E-state index contributed by atoms with van der Waals surface area (Å²) in [6.45, 7) is 1.95. The van der Waals surface area contributed by atoms with Gasteiger partial charge >= 0.3 is 0 Å². The first-order valence-corrected chi connectivity index (χ1v) is 12.5. The second-order valence-electron chi connectivity index (χ2n) is 8.25. The molecule has 7 heteroatoms. The zero-order valence-corrected chi connectivity index (χ0v) is 21.5. The Bertz CT molecular complexity index is 1600. The molecule has 6 nitrogen and oxygen atoms in total. The number of allylic oxidation sites excluding steroid dienone is 1. The molecule has 0 atom stereocenters. The van der Waals surface area contributed by atoms with Crippen LogP contribution in [0.1, 0.15) is 21.6 Å². The number of hydrogen-bond acceptors (Lipinski definition) is 6. The van der Waals surface area contributed by atoms with Crippen molar-refractivity contribution >= 4 is 34.5 Å². The third kappa shape index (κ3) is 4.99. The Labute approximate surface area is 219 Å². The molecule has 0 bridgehead atoms. The van der Waals surface area contributed by atoms with Crippen LogP contribution in [0.2, 0.25) is 0 Å². The highest BCUT2D eigenvalue weighted by atomic mass is 32.2. The lowest BCUT2D eigenvalue weighted by Gasteiger charge is -2.10. The van der Waals surface area contributed by atoms with Gasteiger partial charge in [-0.15, -0.1) is 0 Å². The number of pyridine rings is 1. The quantitative estimate of drug-likeness (QED) is 0.170. The lowest BCUT2D eigenvalue weighted by molar-refractivity contribution is 0.104. The Balaban J connectivity index is 1.60. The van der Waals surface area contributed by atoms with Crippen molar-refractivity contribution in [3.8, 4) is 17.2 Å². The molecule has 0 unspecified atom stereocenters. The number of fused-ring (bicyclic) bond motifs is 1. The molecule has 2 heterocycles. The summed E-state index contributed by atoms with van der Waals surface area (Å²) in [4.78, 5) is 18.9. The molecule has 0 N–H and O–H groups in total. The van der Waals surface area contributed by atoms with Crippen molar-refractivity contribution in [3.05, 3.63) is 108 Å². The molecule has 0 aliphatic heterocycles. The second kappa shape index (κ2) is 10.7. The molecule has 37 heavy (non-hydrogen) atoms. The number of para-hydroxylation sites is 2. The highest BCUT2D eigenvalue weighted by molar-refractivity contribution is 7.99. The Morgan fingerprint density at radius 1 is 0.946 bits per heavy atom. The van der Waals surface area contributed by atoms with Crippen molar-refractivity contribution in [3.63, 3.8) is 0 Å². The van der Waals surface area contributed by atoms with E-state index in [1.165, 1.54) is 0 Å². The summed E-state index contributed by atoms with van der Waals surface area (Å²) in [5.41, 5.74) is 3.94. The fourth-order valence-electron chi connectivity index (χ4n) is 4.07. The minimum Gasteiger partial charge on any atom is -0.497 e. The van der Waals surface area contributed by atoms with E-state index in [1.807, 2.05) is 72.3 Å². The van der Waals surface area contributed by atoms with Crippen LogP contribution in [-0.2, 0) is 0 Å². The number of aromatic nitrogens is 3. The van der Waals surface area contributed by atoms with Gasteiger partial charge in [0.1, 0.15) is 16.5 Å². The molecule has 0 amide bonds. The van der Waals surface area contributed by atoms with Crippen molar-refractivity contribution in [2.45, 2.75) is 16.8 Å². The summed E-state index contributed by atoms with van der Waals surface area (Å²) in [6, 6.07) is 25.2. The number of rotatable bonds is 8. The number of ketones is 1. The maximum atomic E-state index is 13.2. The third-order valence-electron chi connectivity index (χ3n) is 5.94. The van der Waals surface area contributed by atoms with Crippen LogP contribution in [-0.4, -0.2) is 34.8 Å². The standard InChI is InChI=1S/C30H25N3O3S/c1-20-24(15-16-26(34)25-19-23(35-2)14-17-27(25)36-3)30(33(32-20)22-11-5-4-6-12-22)37-28-13-7-9-21-10-8-18-31-29(21)28/h4-19H,1-3H3/b16-15+. The first kappa shape index (κ1) is 24.3. The van der Waals surface area contributed by atoms with E-state index in [1.54, 1.807) is 56.5 Å². The topological polar surface area (TPSA) is 66.2 Å². The number of carbonyl (C=O) groups is 1. The molecular formula is C30H25N3O3S. The van der Waals surface area contributed by atoms with E-state index in [0.29, 0.717) is 17.1 Å². The van der Waals surface area contributed by atoms with E-state index in [4.69, 9.17) is 14.6 Å². The molecule has 0 saturated carbocycles. The molecule has 5 rings (SSSR count). The Kier molecular flexibility index (Phi) is 7.05. The summed E-state index contributed by atoms with van der Waals surface area (Å²) in [5, 5.41) is 6.79. The molecule has 0 radical (unpaired) electrons. The molecule has 0 aliphatic carbocycles. The number of methoxy groups -OCH3 is 2. The van der Waals surface area contributed by atoms with Crippen LogP contribution in [0.5, 0.6) is 11.5 Å². The predicted molar refractivity (Wildman–Crippen MR) is 147 cm³/mol. The largest absolute Gasteiger partial charge is 0.497 e. The molecular weight excluding hydrogens is 482 g/mol. The molecule has 3 aromatic carbocycles. The van der Waals surface area contributed by atoms with Gasteiger partial charge in [0.15, 0.2) is 5.78 Å². The van der Waals surface area contributed by atoms with E-state index in [2.05, 4.69) is 11.1 Å². The van der Waals surface area contributed by atoms with Crippen LogP contribution in [0.15, 0.2) is 101 Å². The fraction of sp³-hybridized carbons (Fsp3) is 0.100. The van der Waals surface area contributed by atoms with E-state index < -0.39 is 0 Å². The van der Waals surface area contributed by atoms with Crippen molar-refractivity contribution in [2.24, 2.45) is 0 Å². The Morgan fingerprint density at radius 3 is 2.54 bits per heavy atom. The van der Waals surface area contributed by atoms with Gasteiger partial charge in [0.05, 0.1) is 36.7 Å². The lowest BCUT2D eigenvalue weighted by Crippen LogP contribution is -2.00. The Hall–Kier alpha value is -4.36. The van der Waals surface area contributed by atoms with Gasteiger partial charge in [-0.25, -0.2) is 4.68 Å². The summed E-state index contributed by atoms with van der Waals surface area (Å²) >= 11 is 1.58. The molecule has 184 valence electrons. The molecule has 0 aliphatic rings. The zero-order chi connectivity index (χ0) is 25.8. The number of ether oxygens (including phenoxy) is 2.